The van der Waals surface area contributed by atoms with Gasteiger partial charge in [-0.05, 0) is 18.6 Å². The molecule has 0 aliphatic carbocycles. The molecule has 5 heteroatoms. The van der Waals surface area contributed by atoms with Crippen LogP contribution in [0.2, 0.25) is 0 Å². The summed E-state index contributed by atoms with van der Waals surface area (Å²) in [6, 6.07) is 5.13. The molecule has 0 bridgehead atoms. The van der Waals surface area contributed by atoms with Gasteiger partial charge < -0.3 is 10.3 Å². The molecule has 0 aliphatic rings. The van der Waals surface area contributed by atoms with Crippen LogP contribution in [0.4, 0.5) is 5.82 Å². The van der Waals surface area contributed by atoms with Gasteiger partial charge in [0.25, 0.3) is 5.91 Å². The SMILES string of the molecule is CCCN(C)C(=O)c1cccc(NN)n1. The molecule has 1 aromatic heterocycles. The number of amides is 1. The molecule has 0 atom stereocenters. The van der Waals surface area contributed by atoms with Crippen molar-refractivity contribution < 1.29 is 4.79 Å². The number of anilines is 1. The molecule has 82 valence electrons. The number of nitrogens with zero attached hydrogens (tertiary/aromatic N) is 2. The van der Waals surface area contributed by atoms with Crippen molar-refractivity contribution in [3.63, 3.8) is 0 Å². The van der Waals surface area contributed by atoms with Gasteiger partial charge in [-0.25, -0.2) is 10.8 Å². The summed E-state index contributed by atoms with van der Waals surface area (Å²) in [5, 5.41) is 0. The lowest BCUT2D eigenvalue weighted by Gasteiger charge is -2.15. The molecular formula is C10H16N4O. The third-order valence-electron chi connectivity index (χ3n) is 2.02. The maximum Gasteiger partial charge on any atom is 0.272 e. The van der Waals surface area contributed by atoms with Crippen LogP contribution in [-0.2, 0) is 0 Å². The Morgan fingerprint density at radius 2 is 2.33 bits per heavy atom. The summed E-state index contributed by atoms with van der Waals surface area (Å²) in [6.07, 6.45) is 0.928. The zero-order valence-corrected chi connectivity index (χ0v) is 9.03. The Morgan fingerprint density at radius 1 is 1.60 bits per heavy atom. The highest BCUT2D eigenvalue weighted by Gasteiger charge is 2.12. The van der Waals surface area contributed by atoms with Gasteiger partial charge in [0, 0.05) is 13.6 Å². The van der Waals surface area contributed by atoms with Crippen LogP contribution in [-0.4, -0.2) is 29.4 Å². The monoisotopic (exact) mass is 208 g/mol. The molecule has 0 aromatic carbocycles. The first-order valence-corrected chi connectivity index (χ1v) is 4.88. The third-order valence-corrected chi connectivity index (χ3v) is 2.02. The van der Waals surface area contributed by atoms with Gasteiger partial charge in [0.2, 0.25) is 0 Å². The van der Waals surface area contributed by atoms with Gasteiger partial charge in [0.05, 0.1) is 0 Å². The number of nitrogens with one attached hydrogen (secondary N) is 1. The summed E-state index contributed by atoms with van der Waals surface area (Å²) >= 11 is 0. The molecule has 1 amide bonds. The summed E-state index contributed by atoms with van der Waals surface area (Å²) in [7, 11) is 1.76. The van der Waals surface area contributed by atoms with E-state index >= 15 is 0 Å². The van der Waals surface area contributed by atoms with E-state index in [1.807, 2.05) is 6.92 Å². The zero-order chi connectivity index (χ0) is 11.3. The molecule has 1 aromatic rings. The largest absolute Gasteiger partial charge is 0.340 e. The van der Waals surface area contributed by atoms with Crippen LogP contribution in [0, 0.1) is 0 Å². The van der Waals surface area contributed by atoms with E-state index in [1.54, 1.807) is 30.1 Å². The van der Waals surface area contributed by atoms with Crippen molar-refractivity contribution in [1.29, 1.82) is 0 Å². The first-order chi connectivity index (χ1) is 7.19. The van der Waals surface area contributed by atoms with E-state index in [4.69, 9.17) is 5.84 Å². The average molecular weight is 208 g/mol. The quantitative estimate of drug-likeness (QED) is 0.568. The van der Waals surface area contributed by atoms with Gasteiger partial charge in [0.1, 0.15) is 11.5 Å². The minimum absolute atomic E-state index is 0.0889. The predicted octanol–water partition coefficient (Wildman–Crippen LogP) is 0.849. The number of carbonyl (C=O) groups excluding carboxylic acids is 1. The van der Waals surface area contributed by atoms with Crippen LogP contribution >= 0.6 is 0 Å². The molecule has 3 N–H and O–H groups in total. The first kappa shape index (κ1) is 11.5. The second-order valence-corrected chi connectivity index (χ2v) is 3.28. The Hall–Kier alpha value is -1.62. The molecular weight excluding hydrogens is 192 g/mol. The van der Waals surface area contributed by atoms with Gasteiger partial charge in [-0.3, -0.25) is 4.79 Å². The summed E-state index contributed by atoms with van der Waals surface area (Å²) in [5.41, 5.74) is 2.82. The highest BCUT2D eigenvalue weighted by Crippen LogP contribution is 2.05. The van der Waals surface area contributed by atoms with Crippen LogP contribution in [0.5, 0.6) is 0 Å². The zero-order valence-electron chi connectivity index (χ0n) is 9.03. The first-order valence-electron chi connectivity index (χ1n) is 4.88. The van der Waals surface area contributed by atoms with Crippen molar-refractivity contribution in [2.45, 2.75) is 13.3 Å². The van der Waals surface area contributed by atoms with E-state index in [-0.39, 0.29) is 5.91 Å². The van der Waals surface area contributed by atoms with Crippen LogP contribution in [0.25, 0.3) is 0 Å². The molecule has 0 saturated heterocycles. The van der Waals surface area contributed by atoms with Gasteiger partial charge >= 0.3 is 0 Å². The number of nitrogens with two attached hydrogens (primary N) is 1. The number of nitrogen functional groups attached to an aromatic ring is 1. The van der Waals surface area contributed by atoms with Gasteiger partial charge in [-0.2, -0.15) is 0 Å². The normalized spacial score (nSPS) is 9.80. The number of pyridine rings is 1. The van der Waals surface area contributed by atoms with E-state index in [1.165, 1.54) is 0 Å². The Bertz CT molecular complexity index is 340. The Labute approximate surface area is 89.3 Å². The molecule has 0 unspecified atom stereocenters. The Kier molecular flexibility index (Phi) is 4.05. The van der Waals surface area contributed by atoms with Crippen LogP contribution in [0.3, 0.4) is 0 Å². The summed E-state index contributed by atoms with van der Waals surface area (Å²) < 4.78 is 0. The van der Waals surface area contributed by atoms with Crippen molar-refractivity contribution in [2.24, 2.45) is 5.84 Å². The van der Waals surface area contributed by atoms with Crippen LogP contribution in [0.1, 0.15) is 23.8 Å². The standard InChI is InChI=1S/C10H16N4O/c1-3-7-14(2)10(15)8-5-4-6-9(12-8)13-11/h4-6H,3,7,11H2,1-2H3,(H,12,13). The lowest BCUT2D eigenvalue weighted by Crippen LogP contribution is -2.28. The number of hydrogen-bond donors (Lipinski definition) is 2. The summed E-state index contributed by atoms with van der Waals surface area (Å²) in [4.78, 5) is 17.5. The van der Waals surface area contributed by atoms with Crippen molar-refractivity contribution >= 4 is 11.7 Å². The number of carbonyl (C=O) groups is 1. The molecule has 0 spiro atoms. The number of hydrogen-bond acceptors (Lipinski definition) is 4. The lowest BCUT2D eigenvalue weighted by molar-refractivity contribution is 0.0789. The topological polar surface area (TPSA) is 71.2 Å². The van der Waals surface area contributed by atoms with Crippen molar-refractivity contribution in [3.05, 3.63) is 23.9 Å². The van der Waals surface area contributed by atoms with Crippen molar-refractivity contribution in [1.82, 2.24) is 9.88 Å². The fourth-order valence-electron chi connectivity index (χ4n) is 1.27. The Morgan fingerprint density at radius 3 is 2.93 bits per heavy atom. The smallest absolute Gasteiger partial charge is 0.272 e. The van der Waals surface area contributed by atoms with E-state index < -0.39 is 0 Å². The molecule has 0 saturated carbocycles. The second-order valence-electron chi connectivity index (χ2n) is 3.28. The van der Waals surface area contributed by atoms with Gasteiger partial charge in [-0.1, -0.05) is 13.0 Å². The molecule has 0 radical (unpaired) electrons. The lowest BCUT2D eigenvalue weighted by atomic mass is 10.3. The predicted molar refractivity (Wildman–Crippen MR) is 59.3 cm³/mol. The number of aromatic nitrogens is 1. The van der Waals surface area contributed by atoms with Gasteiger partial charge in [0.15, 0.2) is 0 Å². The van der Waals surface area contributed by atoms with Crippen molar-refractivity contribution in [2.75, 3.05) is 19.0 Å². The van der Waals surface area contributed by atoms with Crippen LogP contribution < -0.4 is 11.3 Å². The third kappa shape index (κ3) is 2.92. The summed E-state index contributed by atoms with van der Waals surface area (Å²) in [5.74, 6) is 5.62. The Balaban J connectivity index is 2.81. The maximum atomic E-state index is 11.8. The molecule has 1 heterocycles. The number of rotatable bonds is 4. The fourth-order valence-corrected chi connectivity index (χ4v) is 1.27. The molecule has 1 rings (SSSR count). The second kappa shape index (κ2) is 5.31. The van der Waals surface area contributed by atoms with Gasteiger partial charge in [-0.15, -0.1) is 0 Å². The molecule has 0 fully saturated rings. The highest BCUT2D eigenvalue weighted by atomic mass is 16.2. The highest BCUT2D eigenvalue weighted by molar-refractivity contribution is 5.92. The van der Waals surface area contributed by atoms with E-state index in [0.717, 1.165) is 13.0 Å². The maximum absolute atomic E-state index is 11.8. The average Bonchev–Trinajstić information content (AvgIpc) is 2.28. The van der Waals surface area contributed by atoms with E-state index in [2.05, 4.69) is 10.4 Å². The minimum Gasteiger partial charge on any atom is -0.340 e. The molecule has 5 nitrogen and oxygen atoms in total. The fraction of sp³-hybridized carbons (Fsp3) is 0.400. The molecule has 0 aliphatic heterocycles. The van der Waals surface area contributed by atoms with E-state index in [9.17, 15) is 4.79 Å². The van der Waals surface area contributed by atoms with Crippen molar-refractivity contribution in [3.8, 4) is 0 Å². The summed E-state index contributed by atoms with van der Waals surface area (Å²) in [6.45, 7) is 2.75. The minimum atomic E-state index is -0.0889. The van der Waals surface area contributed by atoms with E-state index in [0.29, 0.717) is 11.5 Å². The number of hydrazine groups is 1. The molecule has 15 heavy (non-hydrogen) atoms. The van der Waals surface area contributed by atoms with Crippen LogP contribution in [0.15, 0.2) is 18.2 Å².